The van der Waals surface area contributed by atoms with Crippen LogP contribution in [0.1, 0.15) is 5.56 Å². The molecule has 144 valence electrons. The van der Waals surface area contributed by atoms with Crippen molar-refractivity contribution in [1.82, 2.24) is 10.2 Å². The Balaban J connectivity index is 1.78. The van der Waals surface area contributed by atoms with Crippen molar-refractivity contribution < 1.29 is 17.9 Å². The summed E-state index contributed by atoms with van der Waals surface area (Å²) in [5.74, 6) is 0.552. The molecular weight excluding hydrogens is 408 g/mol. The zero-order valence-corrected chi connectivity index (χ0v) is 17.2. The minimum atomic E-state index is -3.57. The van der Waals surface area contributed by atoms with Gasteiger partial charge in [0, 0.05) is 5.75 Å². The molecule has 0 spiro atoms. The molecule has 0 unspecified atom stereocenters. The molecule has 1 aliphatic rings. The summed E-state index contributed by atoms with van der Waals surface area (Å²) in [6, 6.07) is 5.18. The van der Waals surface area contributed by atoms with Gasteiger partial charge in [0.2, 0.25) is 15.2 Å². The number of aryl methyl sites for hydroxylation is 1. The molecule has 0 bridgehead atoms. The van der Waals surface area contributed by atoms with Gasteiger partial charge in [-0.1, -0.05) is 35.2 Å². The number of nitrogens with one attached hydrogen (secondary N) is 1. The van der Waals surface area contributed by atoms with E-state index in [1.54, 1.807) is 24.3 Å². The summed E-state index contributed by atoms with van der Waals surface area (Å²) in [6.07, 6.45) is 1.86. The number of benzene rings is 1. The van der Waals surface area contributed by atoms with Crippen LogP contribution in [-0.2, 0) is 14.8 Å². The molecule has 0 aliphatic carbocycles. The van der Waals surface area contributed by atoms with Crippen LogP contribution in [0.4, 0.5) is 10.8 Å². The maximum Gasteiger partial charge on any atom is 0.269 e. The van der Waals surface area contributed by atoms with Crippen molar-refractivity contribution >= 4 is 49.8 Å². The van der Waals surface area contributed by atoms with Gasteiger partial charge in [-0.05, 0) is 24.6 Å². The summed E-state index contributed by atoms with van der Waals surface area (Å²) in [6.45, 7) is 5.38. The maximum absolute atomic E-state index is 12.6. The number of carbonyl (C=O) groups is 1. The van der Waals surface area contributed by atoms with E-state index >= 15 is 0 Å². The normalized spacial score (nSPS) is 16.4. The average molecular weight is 427 g/mol. The van der Waals surface area contributed by atoms with Gasteiger partial charge in [0.1, 0.15) is 5.75 Å². The van der Waals surface area contributed by atoms with E-state index in [1.165, 1.54) is 27.4 Å². The zero-order valence-electron chi connectivity index (χ0n) is 14.7. The highest BCUT2D eigenvalue weighted by molar-refractivity contribution is 8.01. The molecule has 0 fully saturated rings. The third-order valence-corrected chi connectivity index (χ3v) is 6.75. The molecule has 1 aromatic carbocycles. The van der Waals surface area contributed by atoms with Gasteiger partial charge >= 0.3 is 0 Å². The van der Waals surface area contributed by atoms with Crippen LogP contribution in [0, 0.1) is 6.92 Å². The Labute approximate surface area is 165 Å². The number of amides is 1. The Morgan fingerprint density at radius 3 is 3.00 bits per heavy atom. The monoisotopic (exact) mass is 426 g/mol. The fourth-order valence-electron chi connectivity index (χ4n) is 2.45. The van der Waals surface area contributed by atoms with E-state index in [0.29, 0.717) is 26.7 Å². The molecule has 2 heterocycles. The van der Waals surface area contributed by atoms with E-state index in [-0.39, 0.29) is 6.54 Å². The fraction of sp³-hybridized carbons (Fsp3) is 0.312. The minimum absolute atomic E-state index is 0.113. The SMILES string of the molecule is C=CCSc1nnc(NC(=O)[C@@H]2CN(S(C)(=O)=O)c3cc(C)ccc3O2)s1. The van der Waals surface area contributed by atoms with Crippen LogP contribution in [0.5, 0.6) is 5.75 Å². The number of sulfonamides is 1. The van der Waals surface area contributed by atoms with Crippen LogP contribution < -0.4 is 14.4 Å². The summed E-state index contributed by atoms with van der Waals surface area (Å²) >= 11 is 2.69. The molecule has 2 aromatic rings. The fourth-order valence-corrected chi connectivity index (χ4v) is 4.87. The molecule has 1 N–H and O–H groups in total. The van der Waals surface area contributed by atoms with Crippen molar-refractivity contribution in [2.45, 2.75) is 17.4 Å². The first-order chi connectivity index (χ1) is 12.8. The Kier molecular flexibility index (Phi) is 5.72. The second-order valence-electron chi connectivity index (χ2n) is 5.83. The Hall–Kier alpha value is -2.11. The van der Waals surface area contributed by atoms with Crippen LogP contribution in [0.25, 0.3) is 0 Å². The quantitative estimate of drug-likeness (QED) is 0.430. The molecule has 27 heavy (non-hydrogen) atoms. The number of ether oxygens (including phenoxy) is 1. The van der Waals surface area contributed by atoms with Crippen molar-refractivity contribution in [2.24, 2.45) is 0 Å². The number of thioether (sulfide) groups is 1. The molecule has 1 amide bonds. The first-order valence-electron chi connectivity index (χ1n) is 7.91. The average Bonchev–Trinajstić information content (AvgIpc) is 3.05. The van der Waals surface area contributed by atoms with E-state index < -0.39 is 22.0 Å². The van der Waals surface area contributed by atoms with Crippen LogP contribution >= 0.6 is 23.1 Å². The third-order valence-electron chi connectivity index (χ3n) is 3.64. The van der Waals surface area contributed by atoms with Crippen LogP contribution in [0.3, 0.4) is 0 Å². The Morgan fingerprint density at radius 2 is 2.30 bits per heavy atom. The van der Waals surface area contributed by atoms with Gasteiger partial charge in [0.15, 0.2) is 10.4 Å². The lowest BCUT2D eigenvalue weighted by Gasteiger charge is -2.34. The van der Waals surface area contributed by atoms with E-state index in [1.807, 2.05) is 6.92 Å². The molecule has 0 saturated carbocycles. The van der Waals surface area contributed by atoms with E-state index in [0.717, 1.165) is 11.8 Å². The van der Waals surface area contributed by atoms with Gasteiger partial charge in [0.05, 0.1) is 18.5 Å². The molecule has 8 nitrogen and oxygen atoms in total. The highest BCUT2D eigenvalue weighted by Gasteiger charge is 2.35. The van der Waals surface area contributed by atoms with Crippen LogP contribution in [0.2, 0.25) is 0 Å². The lowest BCUT2D eigenvalue weighted by molar-refractivity contribution is -0.122. The first-order valence-corrected chi connectivity index (χ1v) is 11.6. The highest BCUT2D eigenvalue weighted by atomic mass is 32.2. The minimum Gasteiger partial charge on any atom is -0.476 e. The number of hydrogen-bond donors (Lipinski definition) is 1. The molecule has 0 saturated heterocycles. The van der Waals surface area contributed by atoms with Gasteiger partial charge in [-0.25, -0.2) is 8.42 Å². The smallest absolute Gasteiger partial charge is 0.269 e. The molecule has 0 radical (unpaired) electrons. The summed E-state index contributed by atoms with van der Waals surface area (Å²) in [5, 5.41) is 10.9. The van der Waals surface area contributed by atoms with Crippen molar-refractivity contribution in [1.29, 1.82) is 0 Å². The number of rotatable bonds is 6. The predicted molar refractivity (Wildman–Crippen MR) is 107 cm³/mol. The second kappa shape index (κ2) is 7.87. The van der Waals surface area contributed by atoms with E-state index in [9.17, 15) is 13.2 Å². The van der Waals surface area contributed by atoms with Crippen molar-refractivity contribution in [3.05, 3.63) is 36.4 Å². The van der Waals surface area contributed by atoms with Crippen LogP contribution in [-0.4, -0.2) is 49.2 Å². The Morgan fingerprint density at radius 1 is 1.52 bits per heavy atom. The number of nitrogens with zero attached hydrogens (tertiary/aromatic N) is 3. The number of carbonyl (C=O) groups excluding carboxylic acids is 1. The largest absolute Gasteiger partial charge is 0.476 e. The van der Waals surface area contributed by atoms with Crippen molar-refractivity contribution in [3.63, 3.8) is 0 Å². The maximum atomic E-state index is 12.6. The third kappa shape index (κ3) is 4.60. The molecule has 1 aromatic heterocycles. The molecule has 1 atom stereocenters. The summed E-state index contributed by atoms with van der Waals surface area (Å²) < 4.78 is 32.0. The standard InChI is InChI=1S/C16H18N4O4S3/c1-4-7-25-16-19-18-15(26-16)17-14(21)13-9-20(27(3,22)23)11-8-10(2)5-6-12(11)24-13/h4-6,8,13H,1,7,9H2,2-3H3,(H,17,18,21)/t13-/m0/s1. The van der Waals surface area contributed by atoms with Gasteiger partial charge in [-0.2, -0.15) is 0 Å². The lowest BCUT2D eigenvalue weighted by Crippen LogP contribution is -2.48. The summed E-state index contributed by atoms with van der Waals surface area (Å²) in [4.78, 5) is 12.6. The number of anilines is 2. The topological polar surface area (TPSA) is 101 Å². The van der Waals surface area contributed by atoms with Crippen LogP contribution in [0.15, 0.2) is 35.2 Å². The van der Waals surface area contributed by atoms with E-state index in [2.05, 4.69) is 22.1 Å². The summed E-state index contributed by atoms with van der Waals surface area (Å²) in [5.41, 5.74) is 1.33. The molecule has 11 heteroatoms. The molecule has 1 aliphatic heterocycles. The number of hydrogen-bond acceptors (Lipinski definition) is 8. The van der Waals surface area contributed by atoms with Gasteiger partial charge in [0.25, 0.3) is 5.91 Å². The second-order valence-corrected chi connectivity index (χ2v) is 9.99. The van der Waals surface area contributed by atoms with Crippen molar-refractivity contribution in [2.75, 3.05) is 28.2 Å². The molecular formula is C16H18N4O4S3. The Bertz CT molecular complexity index is 974. The van der Waals surface area contributed by atoms with Gasteiger partial charge < -0.3 is 4.74 Å². The number of fused-ring (bicyclic) bond motifs is 1. The van der Waals surface area contributed by atoms with Gasteiger partial charge in [-0.3, -0.25) is 14.4 Å². The molecule has 3 rings (SSSR count). The zero-order chi connectivity index (χ0) is 19.6. The highest BCUT2D eigenvalue weighted by Crippen LogP contribution is 2.36. The first kappa shape index (κ1) is 19.6. The van der Waals surface area contributed by atoms with Crippen molar-refractivity contribution in [3.8, 4) is 5.75 Å². The van der Waals surface area contributed by atoms with E-state index in [4.69, 9.17) is 4.74 Å². The lowest BCUT2D eigenvalue weighted by atomic mass is 10.1. The predicted octanol–water partition coefficient (Wildman–Crippen LogP) is 2.29. The summed E-state index contributed by atoms with van der Waals surface area (Å²) in [7, 11) is -3.57. The number of aromatic nitrogens is 2. The van der Waals surface area contributed by atoms with Gasteiger partial charge in [-0.15, -0.1) is 16.8 Å².